The number of benzene rings is 1. The molecule has 2 aromatic rings. The first-order chi connectivity index (χ1) is 11.7. The molecule has 25 heavy (non-hydrogen) atoms. The molecular formula is C18H20BrFN2O2S. The number of likely N-dealkylation sites (tertiary alicyclic amines) is 1. The van der Waals surface area contributed by atoms with Crippen LogP contribution < -0.4 is 0 Å². The molecular weight excluding hydrogens is 407 g/mol. The van der Waals surface area contributed by atoms with Crippen LogP contribution in [0.15, 0.2) is 34.1 Å². The summed E-state index contributed by atoms with van der Waals surface area (Å²) in [7, 11) is 0. The van der Waals surface area contributed by atoms with Crippen molar-refractivity contribution >= 4 is 33.4 Å². The van der Waals surface area contributed by atoms with E-state index < -0.39 is 17.9 Å². The lowest BCUT2D eigenvalue weighted by atomic mass is 10.2. The highest BCUT2D eigenvalue weighted by Crippen LogP contribution is 2.37. The molecule has 7 heteroatoms. The van der Waals surface area contributed by atoms with Crippen LogP contribution in [-0.2, 0) is 4.74 Å². The molecule has 4 nitrogen and oxygen atoms in total. The molecule has 0 radical (unpaired) electrons. The number of carbonyl (C=O) groups is 1. The van der Waals surface area contributed by atoms with E-state index in [9.17, 15) is 9.18 Å². The summed E-state index contributed by atoms with van der Waals surface area (Å²) in [6, 6.07) is 7.48. The number of thiazole rings is 1. The normalized spacial score (nSPS) is 20.8. The number of aromatic nitrogens is 1. The van der Waals surface area contributed by atoms with Gasteiger partial charge < -0.3 is 4.74 Å². The van der Waals surface area contributed by atoms with E-state index >= 15 is 0 Å². The molecule has 0 spiro atoms. The fraction of sp³-hybridized carbons (Fsp3) is 0.444. The van der Waals surface area contributed by atoms with E-state index in [4.69, 9.17) is 4.74 Å². The lowest BCUT2D eigenvalue weighted by Gasteiger charge is -2.27. The second-order valence-corrected chi connectivity index (χ2v) is 8.86. The van der Waals surface area contributed by atoms with E-state index in [1.807, 2.05) is 29.6 Å². The Kier molecular flexibility index (Phi) is 5.16. The Morgan fingerprint density at radius 1 is 1.36 bits per heavy atom. The highest BCUT2D eigenvalue weighted by molar-refractivity contribution is 9.10. The van der Waals surface area contributed by atoms with Crippen molar-refractivity contribution in [2.24, 2.45) is 0 Å². The third kappa shape index (κ3) is 4.39. The Labute approximate surface area is 159 Å². The van der Waals surface area contributed by atoms with Crippen LogP contribution in [0.25, 0.3) is 11.3 Å². The summed E-state index contributed by atoms with van der Waals surface area (Å²) in [4.78, 5) is 18.5. The van der Waals surface area contributed by atoms with E-state index in [0.717, 1.165) is 20.7 Å². The summed E-state index contributed by atoms with van der Waals surface area (Å²) in [5.74, 6) is 0. The fourth-order valence-electron chi connectivity index (χ4n) is 2.74. The Hall–Kier alpha value is -1.47. The Bertz CT molecular complexity index is 757. The van der Waals surface area contributed by atoms with Crippen molar-refractivity contribution in [3.8, 4) is 11.3 Å². The Morgan fingerprint density at radius 3 is 2.68 bits per heavy atom. The maximum atomic E-state index is 14.0. The number of hydrogen-bond acceptors (Lipinski definition) is 4. The van der Waals surface area contributed by atoms with Crippen LogP contribution in [-0.4, -0.2) is 34.3 Å². The standard InChI is InChI=1S/C18H20BrFN2O2S/c1-18(2,3)24-17(23)22-9-13(20)8-15(22)16-21-14(10-25-16)11-4-6-12(19)7-5-11/h4-7,10,13,15H,8-9H2,1-3H3/t13-,15+/m1/s1. The van der Waals surface area contributed by atoms with Crippen molar-refractivity contribution in [1.29, 1.82) is 0 Å². The molecule has 0 bridgehead atoms. The van der Waals surface area contributed by atoms with Gasteiger partial charge in [-0.05, 0) is 32.9 Å². The Balaban J connectivity index is 1.82. The summed E-state index contributed by atoms with van der Waals surface area (Å²) in [6.07, 6.45) is -1.29. The fourth-order valence-corrected chi connectivity index (χ4v) is 3.95. The first kappa shape index (κ1) is 18.3. The van der Waals surface area contributed by atoms with Gasteiger partial charge in [-0.3, -0.25) is 4.90 Å². The van der Waals surface area contributed by atoms with Gasteiger partial charge in [-0.1, -0.05) is 28.1 Å². The van der Waals surface area contributed by atoms with Gasteiger partial charge in [0.05, 0.1) is 18.3 Å². The van der Waals surface area contributed by atoms with Crippen LogP contribution in [0.4, 0.5) is 9.18 Å². The minimum Gasteiger partial charge on any atom is -0.444 e. The molecule has 2 heterocycles. The smallest absolute Gasteiger partial charge is 0.410 e. The van der Waals surface area contributed by atoms with Crippen LogP contribution >= 0.6 is 27.3 Å². The van der Waals surface area contributed by atoms with Gasteiger partial charge in [0.25, 0.3) is 0 Å². The highest BCUT2D eigenvalue weighted by atomic mass is 79.9. The molecule has 2 atom stereocenters. The zero-order valence-electron chi connectivity index (χ0n) is 14.3. The quantitative estimate of drug-likeness (QED) is 0.627. The van der Waals surface area contributed by atoms with Crippen molar-refractivity contribution in [2.45, 2.75) is 45.0 Å². The summed E-state index contributed by atoms with van der Waals surface area (Å²) >= 11 is 4.86. The molecule has 0 saturated carbocycles. The van der Waals surface area contributed by atoms with Gasteiger partial charge in [-0.15, -0.1) is 11.3 Å². The average molecular weight is 427 g/mol. The topological polar surface area (TPSA) is 42.4 Å². The van der Waals surface area contributed by atoms with Gasteiger partial charge in [0, 0.05) is 21.8 Å². The van der Waals surface area contributed by atoms with Gasteiger partial charge in [0.1, 0.15) is 16.8 Å². The highest BCUT2D eigenvalue weighted by Gasteiger charge is 2.40. The minimum atomic E-state index is -1.06. The molecule has 1 aliphatic rings. The summed E-state index contributed by atoms with van der Waals surface area (Å²) < 4.78 is 20.4. The maximum absolute atomic E-state index is 14.0. The predicted octanol–water partition coefficient (Wildman–Crippen LogP) is 5.59. The molecule has 3 rings (SSSR count). The van der Waals surface area contributed by atoms with E-state index in [0.29, 0.717) is 0 Å². The van der Waals surface area contributed by atoms with Crippen molar-refractivity contribution in [1.82, 2.24) is 9.88 Å². The molecule has 1 aliphatic heterocycles. The number of hydrogen-bond donors (Lipinski definition) is 0. The molecule has 0 aliphatic carbocycles. The number of halogens is 2. The second kappa shape index (κ2) is 7.03. The monoisotopic (exact) mass is 426 g/mol. The van der Waals surface area contributed by atoms with Gasteiger partial charge in [0.2, 0.25) is 0 Å². The zero-order valence-corrected chi connectivity index (χ0v) is 16.7. The molecule has 134 valence electrons. The number of carbonyl (C=O) groups excluding carboxylic acids is 1. The molecule has 1 fully saturated rings. The van der Waals surface area contributed by atoms with E-state index in [1.54, 1.807) is 20.8 Å². The largest absolute Gasteiger partial charge is 0.444 e. The number of ether oxygens (including phenoxy) is 1. The van der Waals surface area contributed by atoms with E-state index in [2.05, 4.69) is 20.9 Å². The molecule has 1 aromatic heterocycles. The lowest BCUT2D eigenvalue weighted by molar-refractivity contribution is 0.0216. The van der Waals surface area contributed by atoms with Crippen LogP contribution in [0, 0.1) is 0 Å². The summed E-state index contributed by atoms with van der Waals surface area (Å²) in [6.45, 7) is 5.46. The summed E-state index contributed by atoms with van der Waals surface area (Å²) in [5, 5.41) is 2.68. The molecule has 1 amide bonds. The van der Waals surface area contributed by atoms with Gasteiger partial charge in [-0.25, -0.2) is 14.2 Å². The average Bonchev–Trinajstić information content (AvgIpc) is 3.12. The third-order valence-electron chi connectivity index (χ3n) is 3.83. The van der Waals surface area contributed by atoms with Crippen LogP contribution in [0.3, 0.4) is 0 Å². The number of amides is 1. The zero-order chi connectivity index (χ0) is 18.2. The van der Waals surface area contributed by atoms with E-state index in [1.165, 1.54) is 16.2 Å². The number of nitrogens with zero attached hydrogens (tertiary/aromatic N) is 2. The predicted molar refractivity (Wildman–Crippen MR) is 100 cm³/mol. The van der Waals surface area contributed by atoms with Crippen LogP contribution in [0.5, 0.6) is 0 Å². The van der Waals surface area contributed by atoms with Gasteiger partial charge in [0.15, 0.2) is 0 Å². The first-order valence-corrected chi connectivity index (χ1v) is 9.75. The molecule has 0 unspecified atom stereocenters. The molecule has 1 saturated heterocycles. The SMILES string of the molecule is CC(C)(C)OC(=O)N1C[C@H](F)C[C@H]1c1nc(-c2ccc(Br)cc2)cs1. The number of rotatable bonds is 2. The van der Waals surface area contributed by atoms with Crippen molar-refractivity contribution in [3.05, 3.63) is 39.1 Å². The minimum absolute atomic E-state index is 0.0484. The maximum Gasteiger partial charge on any atom is 0.410 e. The van der Waals surface area contributed by atoms with Gasteiger partial charge >= 0.3 is 6.09 Å². The van der Waals surface area contributed by atoms with Crippen LogP contribution in [0.1, 0.15) is 38.2 Å². The lowest BCUT2D eigenvalue weighted by Crippen LogP contribution is -2.36. The molecule has 0 N–H and O–H groups in total. The second-order valence-electron chi connectivity index (χ2n) is 7.06. The van der Waals surface area contributed by atoms with Crippen molar-refractivity contribution in [2.75, 3.05) is 6.54 Å². The third-order valence-corrected chi connectivity index (χ3v) is 5.30. The van der Waals surface area contributed by atoms with E-state index in [-0.39, 0.29) is 19.0 Å². The molecule has 1 aromatic carbocycles. The van der Waals surface area contributed by atoms with Crippen molar-refractivity contribution in [3.63, 3.8) is 0 Å². The Morgan fingerprint density at radius 2 is 2.04 bits per heavy atom. The van der Waals surface area contributed by atoms with Crippen molar-refractivity contribution < 1.29 is 13.9 Å². The van der Waals surface area contributed by atoms with Crippen LogP contribution in [0.2, 0.25) is 0 Å². The summed E-state index contributed by atoms with van der Waals surface area (Å²) in [5.41, 5.74) is 1.21. The first-order valence-electron chi connectivity index (χ1n) is 8.08. The van der Waals surface area contributed by atoms with Gasteiger partial charge in [-0.2, -0.15) is 0 Å². The number of alkyl halides is 1.